The van der Waals surface area contributed by atoms with Crippen molar-refractivity contribution in [3.63, 3.8) is 0 Å². The summed E-state index contributed by atoms with van der Waals surface area (Å²) in [5.74, 6) is 0. The van der Waals surface area contributed by atoms with Gasteiger partial charge in [0.2, 0.25) is 0 Å². The van der Waals surface area contributed by atoms with Crippen LogP contribution in [-0.4, -0.2) is 59.6 Å². The zero-order chi connectivity index (χ0) is 22.3. The molecule has 2 aliphatic rings. The molecule has 1 saturated heterocycles. The Bertz CT molecular complexity index is 991. The van der Waals surface area contributed by atoms with Crippen molar-refractivity contribution in [1.82, 2.24) is 9.88 Å². The van der Waals surface area contributed by atoms with Crippen LogP contribution in [0.3, 0.4) is 0 Å². The minimum atomic E-state index is -5.62. The van der Waals surface area contributed by atoms with E-state index in [1.165, 1.54) is 11.3 Å². The van der Waals surface area contributed by atoms with Gasteiger partial charge >= 0.3 is 23.5 Å². The number of phosphoric acid groups is 3. The summed E-state index contributed by atoms with van der Waals surface area (Å²) in [5, 5.41) is 10.2. The van der Waals surface area contributed by atoms with E-state index in [4.69, 9.17) is 19.4 Å². The Balaban J connectivity index is 1.58. The first kappa shape index (κ1) is 23.9. The molecule has 0 radical (unpaired) electrons. The molecular weight excluding hydrogens is 489 g/mol. The van der Waals surface area contributed by atoms with E-state index in [0.717, 1.165) is 10.6 Å². The van der Waals surface area contributed by atoms with Crippen LogP contribution in [-0.2, 0) is 31.6 Å². The van der Waals surface area contributed by atoms with Crippen LogP contribution in [0.1, 0.15) is 17.0 Å². The first-order valence-corrected chi connectivity index (χ1v) is 13.4. The molecule has 0 bridgehead atoms. The highest BCUT2D eigenvalue weighted by atomic mass is 32.1. The zero-order valence-electron chi connectivity index (χ0n) is 14.8. The fourth-order valence-electron chi connectivity index (χ4n) is 2.72. The predicted octanol–water partition coefficient (Wildman–Crippen LogP) is 1.22. The fraction of sp³-hybridized carbons (Fsp3) is 0.417. The molecule has 5 atom stereocenters. The van der Waals surface area contributed by atoms with Gasteiger partial charge in [-0.1, -0.05) is 6.58 Å². The Morgan fingerprint density at radius 3 is 2.60 bits per heavy atom. The second-order valence-electron chi connectivity index (χ2n) is 6.06. The summed E-state index contributed by atoms with van der Waals surface area (Å²) in [6.07, 6.45) is 0.535. The van der Waals surface area contributed by atoms with Crippen molar-refractivity contribution in [2.75, 3.05) is 6.61 Å². The fourth-order valence-corrected chi connectivity index (χ4v) is 6.51. The molecule has 18 heteroatoms. The van der Waals surface area contributed by atoms with Gasteiger partial charge in [-0.25, -0.2) is 18.7 Å². The third-order valence-electron chi connectivity index (χ3n) is 3.89. The van der Waals surface area contributed by atoms with Gasteiger partial charge in [0.25, 0.3) is 0 Å². The number of hydrogen-bond acceptors (Lipinski definition) is 11. The van der Waals surface area contributed by atoms with E-state index in [1.54, 1.807) is 22.7 Å². The maximum Gasteiger partial charge on any atom is 0.490 e. The first-order valence-electron chi connectivity index (χ1n) is 7.97. The maximum atomic E-state index is 11.8. The molecule has 30 heavy (non-hydrogen) atoms. The van der Waals surface area contributed by atoms with Crippen molar-refractivity contribution in [3.8, 4) is 0 Å². The zero-order valence-corrected chi connectivity index (χ0v) is 18.3. The van der Waals surface area contributed by atoms with Crippen LogP contribution in [0.15, 0.2) is 18.3 Å². The smallest absolute Gasteiger partial charge is 0.390 e. The summed E-state index contributed by atoms with van der Waals surface area (Å²) < 4.78 is 51.1. The lowest BCUT2D eigenvalue weighted by molar-refractivity contribution is -0.0496. The largest absolute Gasteiger partial charge is 0.490 e. The minimum Gasteiger partial charge on any atom is -0.390 e. The maximum absolute atomic E-state index is 11.8. The van der Waals surface area contributed by atoms with Crippen LogP contribution in [0.5, 0.6) is 0 Å². The molecule has 0 saturated carbocycles. The molecular formula is C12H17N2O12P3S. The summed E-state index contributed by atoms with van der Waals surface area (Å²) in [6, 6.07) is 0. The molecule has 0 aromatic carbocycles. The van der Waals surface area contributed by atoms with E-state index >= 15 is 0 Å². The number of nitrogens with zero attached hydrogens (tertiary/aromatic N) is 2. The van der Waals surface area contributed by atoms with Crippen LogP contribution in [0.4, 0.5) is 0 Å². The van der Waals surface area contributed by atoms with E-state index in [9.17, 15) is 23.7 Å². The average molecular weight is 506 g/mol. The average Bonchev–Trinajstić information content (AvgIpc) is 3.17. The van der Waals surface area contributed by atoms with Crippen molar-refractivity contribution in [2.45, 2.75) is 24.9 Å². The summed E-state index contributed by atoms with van der Waals surface area (Å²) in [6.45, 7) is 3.23. The first-order chi connectivity index (χ1) is 13.8. The number of aliphatic hydroxyl groups is 1. The van der Waals surface area contributed by atoms with Crippen molar-refractivity contribution in [3.05, 3.63) is 28.9 Å². The molecule has 1 fully saturated rings. The second-order valence-corrected chi connectivity index (χ2v) is 11.3. The molecule has 0 amide bonds. The van der Waals surface area contributed by atoms with Crippen molar-refractivity contribution >= 4 is 46.6 Å². The van der Waals surface area contributed by atoms with Crippen LogP contribution in [0.25, 0.3) is 11.8 Å². The molecule has 2 aliphatic heterocycles. The summed E-state index contributed by atoms with van der Waals surface area (Å²) >= 11 is 1.37. The molecule has 3 heterocycles. The number of aromatic nitrogens is 1. The molecule has 0 spiro atoms. The second kappa shape index (κ2) is 8.64. The van der Waals surface area contributed by atoms with Crippen molar-refractivity contribution in [1.29, 1.82) is 0 Å². The van der Waals surface area contributed by atoms with Gasteiger partial charge in [-0.05, 0) is 6.08 Å². The summed E-state index contributed by atoms with van der Waals surface area (Å²) in [7, 11) is -16.4. The number of rotatable bonds is 8. The van der Waals surface area contributed by atoms with Gasteiger partial charge in [-0.2, -0.15) is 8.62 Å². The predicted molar refractivity (Wildman–Crippen MR) is 101 cm³/mol. The van der Waals surface area contributed by atoms with E-state index in [2.05, 4.69) is 24.7 Å². The molecule has 3 rings (SSSR count). The van der Waals surface area contributed by atoms with Gasteiger partial charge < -0.3 is 34.3 Å². The third kappa shape index (κ3) is 5.93. The van der Waals surface area contributed by atoms with E-state index in [-0.39, 0.29) is 6.42 Å². The Kier molecular flexibility index (Phi) is 6.88. The third-order valence-corrected chi connectivity index (χ3v) is 8.59. The number of fused-ring (bicyclic) bond motifs is 1. The number of phosphoric ester groups is 1. The van der Waals surface area contributed by atoms with Gasteiger partial charge in [-0.15, -0.1) is 11.3 Å². The molecule has 168 valence electrons. The van der Waals surface area contributed by atoms with Crippen LogP contribution < -0.4 is 0 Å². The van der Waals surface area contributed by atoms with Gasteiger partial charge in [0.05, 0.1) is 34.5 Å². The SMILES string of the molecule is C=C1c2scnc2C=CN1[C@H]1CC(O)[C@@H](COP(=O)(O)OP(=O)(O)OP(=O)(O)O)O1. The number of ether oxygens (including phenoxy) is 1. The summed E-state index contributed by atoms with van der Waals surface area (Å²) in [4.78, 5) is 42.3. The van der Waals surface area contributed by atoms with Gasteiger partial charge in [0.15, 0.2) is 0 Å². The standard InChI is InChI=1S/C12H17N2O12P3S/c1-7-12-8(13-6-30-12)2-3-14(7)11-4-9(15)10(24-11)5-23-28(19,20)26-29(21,22)25-27(16,17)18/h2-3,6,9-11,15H,1,4-5H2,(H,19,20)(H,21,22)(H2,16,17,18)/t9?,10-,11-/m1/s1. The molecule has 3 unspecified atom stereocenters. The highest BCUT2D eigenvalue weighted by Gasteiger charge is 2.43. The number of hydrogen-bond donors (Lipinski definition) is 5. The molecule has 5 N–H and O–H groups in total. The Labute approximate surface area is 173 Å². The van der Waals surface area contributed by atoms with Crippen LogP contribution in [0, 0.1) is 0 Å². The van der Waals surface area contributed by atoms with Crippen molar-refractivity contribution in [2.24, 2.45) is 0 Å². The van der Waals surface area contributed by atoms with E-state index in [1.807, 2.05) is 0 Å². The van der Waals surface area contributed by atoms with Gasteiger partial charge in [0.1, 0.15) is 12.3 Å². The molecule has 0 aliphatic carbocycles. The molecule has 1 aromatic heterocycles. The lowest BCUT2D eigenvalue weighted by Gasteiger charge is -2.30. The van der Waals surface area contributed by atoms with Gasteiger partial charge in [0, 0.05) is 12.6 Å². The number of thiazole rings is 1. The van der Waals surface area contributed by atoms with Gasteiger partial charge in [-0.3, -0.25) is 4.52 Å². The minimum absolute atomic E-state index is 0.0852. The highest BCUT2D eigenvalue weighted by Crippen LogP contribution is 2.66. The normalized spacial score (nSPS) is 28.2. The lowest BCUT2D eigenvalue weighted by atomic mass is 10.1. The topological polar surface area (TPSA) is 205 Å². The monoisotopic (exact) mass is 506 g/mol. The Morgan fingerprint density at radius 2 is 1.93 bits per heavy atom. The highest BCUT2D eigenvalue weighted by molar-refractivity contribution is 7.66. The van der Waals surface area contributed by atoms with E-state index in [0.29, 0.717) is 5.70 Å². The lowest BCUT2D eigenvalue weighted by Crippen LogP contribution is -2.31. The molecule has 14 nitrogen and oxygen atoms in total. The van der Waals surface area contributed by atoms with E-state index < -0.39 is 48.5 Å². The van der Waals surface area contributed by atoms with Crippen LogP contribution >= 0.6 is 34.8 Å². The quantitative estimate of drug-likeness (QED) is 0.315. The van der Waals surface area contributed by atoms with Crippen molar-refractivity contribution < 1.29 is 56.3 Å². The Morgan fingerprint density at radius 1 is 1.23 bits per heavy atom. The Hall–Kier alpha value is -0.760. The summed E-state index contributed by atoms with van der Waals surface area (Å²) in [5.41, 5.74) is 2.98. The number of aliphatic hydroxyl groups excluding tert-OH is 1. The molecule has 1 aromatic rings. The van der Waals surface area contributed by atoms with Crippen LogP contribution in [0.2, 0.25) is 0 Å².